The molecule has 1 atom stereocenters. The van der Waals surface area contributed by atoms with Crippen LogP contribution in [0.1, 0.15) is 48.7 Å². The van der Waals surface area contributed by atoms with Gasteiger partial charge in [-0.15, -0.1) is 0 Å². The maximum absolute atomic E-state index is 13.7. The maximum Gasteiger partial charge on any atom is 0.271 e. The van der Waals surface area contributed by atoms with Gasteiger partial charge in [0.15, 0.2) is 0 Å². The van der Waals surface area contributed by atoms with E-state index in [1.54, 1.807) is 4.90 Å². The van der Waals surface area contributed by atoms with E-state index < -0.39 is 5.54 Å². The van der Waals surface area contributed by atoms with Gasteiger partial charge in [0.25, 0.3) is 5.91 Å². The number of carbonyl (C=O) groups is 2. The molecule has 1 aliphatic heterocycles. The fraction of sp³-hybridized carbons (Fsp3) is 0.360. The van der Waals surface area contributed by atoms with E-state index in [1.807, 2.05) is 66.1 Å². The molecule has 0 radical (unpaired) electrons. The molecule has 0 saturated heterocycles. The van der Waals surface area contributed by atoms with E-state index in [-0.39, 0.29) is 17.9 Å². The van der Waals surface area contributed by atoms with Gasteiger partial charge in [0.2, 0.25) is 5.91 Å². The third kappa shape index (κ3) is 3.51. The van der Waals surface area contributed by atoms with E-state index in [1.165, 1.54) is 0 Å². The van der Waals surface area contributed by atoms with Crippen molar-refractivity contribution in [3.63, 3.8) is 0 Å². The monoisotopic (exact) mass is 435 g/mol. The summed E-state index contributed by atoms with van der Waals surface area (Å²) in [6.45, 7) is 2.63. The molecule has 2 amide bonds. The van der Waals surface area contributed by atoms with Crippen LogP contribution in [0.15, 0.2) is 54.6 Å². The minimum Gasteiger partial charge on any atom is -0.351 e. The number of nitrogens with zero attached hydrogens (tertiary/aromatic N) is 2. The standard InChI is InChI=1S/C25H26ClN3O2/c1-25(24(31)27-20-10-3-4-11-20)16-28-21-12-5-2-8-18(21)14-22(28)23(30)29(25)15-17-7-6-9-19(26)13-17/h2,5-9,12-14,20H,3-4,10-11,15-16H2,1H3,(H,27,31)/t25-/m1/s1. The molecule has 1 N–H and O–H groups in total. The predicted octanol–water partition coefficient (Wildman–Crippen LogP) is 4.77. The Morgan fingerprint density at radius 1 is 1.13 bits per heavy atom. The number of halogens is 1. The number of rotatable bonds is 4. The number of para-hydroxylation sites is 1. The highest BCUT2D eigenvalue weighted by Gasteiger charge is 2.48. The van der Waals surface area contributed by atoms with Crippen LogP contribution >= 0.6 is 11.6 Å². The Morgan fingerprint density at radius 2 is 1.90 bits per heavy atom. The highest BCUT2D eigenvalue weighted by Crippen LogP contribution is 2.34. The van der Waals surface area contributed by atoms with Crippen LogP contribution in [0.4, 0.5) is 0 Å². The number of nitrogens with one attached hydrogen (secondary N) is 1. The summed E-state index contributed by atoms with van der Waals surface area (Å²) in [5.41, 5.74) is 1.50. The summed E-state index contributed by atoms with van der Waals surface area (Å²) >= 11 is 6.19. The van der Waals surface area contributed by atoms with E-state index in [0.717, 1.165) is 42.1 Å². The number of carbonyl (C=O) groups excluding carboxylic acids is 2. The zero-order chi connectivity index (χ0) is 21.6. The van der Waals surface area contributed by atoms with Gasteiger partial charge in [-0.25, -0.2) is 0 Å². The molecule has 160 valence electrons. The van der Waals surface area contributed by atoms with Crippen molar-refractivity contribution >= 4 is 34.3 Å². The number of fused-ring (bicyclic) bond motifs is 3. The molecule has 1 aliphatic carbocycles. The summed E-state index contributed by atoms with van der Waals surface area (Å²) in [4.78, 5) is 29.1. The zero-order valence-electron chi connectivity index (χ0n) is 17.6. The van der Waals surface area contributed by atoms with E-state index in [9.17, 15) is 9.59 Å². The van der Waals surface area contributed by atoms with E-state index in [4.69, 9.17) is 11.6 Å². The van der Waals surface area contributed by atoms with Gasteiger partial charge in [-0.1, -0.05) is 54.8 Å². The molecule has 1 saturated carbocycles. The lowest BCUT2D eigenvalue weighted by Gasteiger charge is -2.44. The summed E-state index contributed by atoms with van der Waals surface area (Å²) in [7, 11) is 0. The van der Waals surface area contributed by atoms with E-state index in [2.05, 4.69) is 5.32 Å². The molecule has 5 nitrogen and oxygen atoms in total. The zero-order valence-corrected chi connectivity index (χ0v) is 18.4. The number of benzene rings is 2. The molecule has 0 unspecified atom stereocenters. The molecule has 0 bridgehead atoms. The second kappa shape index (κ2) is 7.72. The van der Waals surface area contributed by atoms with Crippen molar-refractivity contribution in [2.75, 3.05) is 0 Å². The first kappa shape index (κ1) is 20.1. The summed E-state index contributed by atoms with van der Waals surface area (Å²) in [6.07, 6.45) is 4.28. The number of hydrogen-bond donors (Lipinski definition) is 1. The van der Waals surface area contributed by atoms with Crippen LogP contribution in [0.3, 0.4) is 0 Å². The van der Waals surface area contributed by atoms with Gasteiger partial charge in [-0.05, 0) is 49.6 Å². The van der Waals surface area contributed by atoms with Crippen molar-refractivity contribution in [1.29, 1.82) is 0 Å². The first-order valence-electron chi connectivity index (χ1n) is 10.9. The highest BCUT2D eigenvalue weighted by molar-refractivity contribution is 6.30. The lowest BCUT2D eigenvalue weighted by molar-refractivity contribution is -0.133. The molecular formula is C25H26ClN3O2. The molecule has 6 heteroatoms. The van der Waals surface area contributed by atoms with Gasteiger partial charge in [-0.2, -0.15) is 0 Å². The van der Waals surface area contributed by atoms with Crippen LogP contribution in [-0.4, -0.2) is 32.9 Å². The smallest absolute Gasteiger partial charge is 0.271 e. The first-order chi connectivity index (χ1) is 15.0. The van der Waals surface area contributed by atoms with Gasteiger partial charge in [0.05, 0.1) is 6.54 Å². The molecule has 0 spiro atoms. The van der Waals surface area contributed by atoms with Crippen LogP contribution in [-0.2, 0) is 17.9 Å². The van der Waals surface area contributed by atoms with Crippen molar-refractivity contribution in [2.45, 2.75) is 57.3 Å². The second-order valence-corrected chi connectivity index (χ2v) is 9.36. The fourth-order valence-corrected chi connectivity index (χ4v) is 5.20. The topological polar surface area (TPSA) is 54.3 Å². The Labute approximate surface area is 187 Å². The molecule has 31 heavy (non-hydrogen) atoms. The van der Waals surface area contributed by atoms with Crippen LogP contribution in [0.2, 0.25) is 5.02 Å². The Hall–Kier alpha value is -2.79. The SMILES string of the molecule is C[C@]1(C(=O)NC2CCCC2)Cn2c(cc3ccccc32)C(=O)N1Cc1cccc(Cl)c1. The van der Waals surface area contributed by atoms with Crippen LogP contribution in [0.5, 0.6) is 0 Å². The fourth-order valence-electron chi connectivity index (χ4n) is 4.98. The summed E-state index contributed by atoms with van der Waals surface area (Å²) in [5, 5.41) is 4.86. The Bertz CT molecular complexity index is 1160. The van der Waals surface area contributed by atoms with Crippen molar-refractivity contribution in [3.8, 4) is 0 Å². The van der Waals surface area contributed by atoms with Gasteiger partial charge >= 0.3 is 0 Å². The van der Waals surface area contributed by atoms with Gasteiger partial charge in [0.1, 0.15) is 11.2 Å². The predicted molar refractivity (Wildman–Crippen MR) is 122 cm³/mol. The first-order valence-corrected chi connectivity index (χ1v) is 11.3. The van der Waals surface area contributed by atoms with Gasteiger partial charge < -0.3 is 14.8 Å². The largest absolute Gasteiger partial charge is 0.351 e. The van der Waals surface area contributed by atoms with Gasteiger partial charge in [0, 0.05) is 28.5 Å². The second-order valence-electron chi connectivity index (χ2n) is 8.92. The number of hydrogen-bond acceptors (Lipinski definition) is 2. The minimum atomic E-state index is -1.00. The molecule has 2 heterocycles. The van der Waals surface area contributed by atoms with Crippen molar-refractivity contribution in [1.82, 2.24) is 14.8 Å². The average Bonchev–Trinajstić information content (AvgIpc) is 3.39. The lowest BCUT2D eigenvalue weighted by Crippen LogP contribution is -2.64. The Morgan fingerprint density at radius 3 is 2.68 bits per heavy atom. The van der Waals surface area contributed by atoms with E-state index in [0.29, 0.717) is 23.8 Å². The third-order valence-corrected chi connectivity index (χ3v) is 6.98. The molecule has 1 aromatic heterocycles. The van der Waals surface area contributed by atoms with Crippen LogP contribution in [0, 0.1) is 0 Å². The summed E-state index contributed by atoms with van der Waals surface area (Å²) in [6, 6.07) is 17.5. The van der Waals surface area contributed by atoms with Crippen molar-refractivity contribution in [3.05, 3.63) is 70.9 Å². The Balaban J connectivity index is 1.57. The molecule has 2 aliphatic rings. The van der Waals surface area contributed by atoms with Gasteiger partial charge in [-0.3, -0.25) is 9.59 Å². The van der Waals surface area contributed by atoms with E-state index >= 15 is 0 Å². The summed E-state index contributed by atoms with van der Waals surface area (Å²) < 4.78 is 2.00. The molecule has 5 rings (SSSR count). The maximum atomic E-state index is 13.7. The molecule has 2 aromatic carbocycles. The number of aromatic nitrogens is 1. The summed E-state index contributed by atoms with van der Waals surface area (Å²) in [5.74, 6) is -0.218. The van der Waals surface area contributed by atoms with Crippen LogP contribution in [0.25, 0.3) is 10.9 Å². The average molecular weight is 436 g/mol. The normalized spacial score (nSPS) is 21.5. The van der Waals surface area contributed by atoms with Crippen molar-refractivity contribution < 1.29 is 9.59 Å². The molecular weight excluding hydrogens is 410 g/mol. The minimum absolute atomic E-state index is 0.0850. The molecule has 1 fully saturated rings. The molecule has 3 aromatic rings. The van der Waals surface area contributed by atoms with Crippen molar-refractivity contribution in [2.24, 2.45) is 0 Å². The Kier molecular flexibility index (Phi) is 5.01. The van der Waals surface area contributed by atoms with Crippen LogP contribution < -0.4 is 5.32 Å². The number of amides is 2. The third-order valence-electron chi connectivity index (χ3n) is 6.75. The quantitative estimate of drug-likeness (QED) is 0.641. The lowest BCUT2D eigenvalue weighted by atomic mass is 9.93. The highest BCUT2D eigenvalue weighted by atomic mass is 35.5.